The van der Waals surface area contributed by atoms with Crippen LogP contribution in [0.15, 0.2) is 71.3 Å². The highest BCUT2D eigenvalue weighted by molar-refractivity contribution is 9.10. The number of hydrogen-bond acceptors (Lipinski definition) is 5. The molecule has 2 amide bonds. The molecule has 1 saturated heterocycles. The van der Waals surface area contributed by atoms with Crippen LogP contribution in [-0.2, 0) is 9.53 Å². The van der Waals surface area contributed by atoms with Gasteiger partial charge < -0.3 is 20.1 Å². The fourth-order valence-electron chi connectivity index (χ4n) is 3.11. The Kier molecular flexibility index (Phi) is 6.59. The van der Waals surface area contributed by atoms with E-state index in [-0.39, 0.29) is 11.8 Å². The van der Waals surface area contributed by atoms with Crippen LogP contribution < -0.4 is 15.4 Å². The minimum Gasteiger partial charge on any atom is -0.439 e. The standard InChI is InChI=1S/C23H20BrN3O4/c24-16-5-2-7-19(13-16)31-21-10-9-18(14-25-21)27-22(28)15-4-1-6-17(12-15)26-23(29)20-8-3-11-30-20/h1-2,4-7,9-10,12-14,20H,3,8,11H2,(H,26,29)(H,27,28). The summed E-state index contributed by atoms with van der Waals surface area (Å²) < 4.78 is 12.0. The number of carbonyl (C=O) groups excluding carboxylic acids is 2. The Hall–Kier alpha value is -3.23. The summed E-state index contributed by atoms with van der Waals surface area (Å²) in [4.78, 5) is 29.0. The third-order valence-electron chi connectivity index (χ3n) is 4.63. The van der Waals surface area contributed by atoms with Gasteiger partial charge in [0.25, 0.3) is 11.8 Å². The molecule has 0 aliphatic carbocycles. The zero-order chi connectivity index (χ0) is 21.6. The number of nitrogens with zero attached hydrogens (tertiary/aromatic N) is 1. The first-order chi connectivity index (χ1) is 15.1. The van der Waals surface area contributed by atoms with Gasteiger partial charge in [0.15, 0.2) is 0 Å². The number of rotatable bonds is 6. The maximum atomic E-state index is 12.6. The van der Waals surface area contributed by atoms with Crippen molar-refractivity contribution in [2.45, 2.75) is 18.9 Å². The molecule has 31 heavy (non-hydrogen) atoms. The molecule has 2 heterocycles. The van der Waals surface area contributed by atoms with Crippen LogP contribution in [0.4, 0.5) is 11.4 Å². The summed E-state index contributed by atoms with van der Waals surface area (Å²) in [6, 6.07) is 17.6. The molecule has 3 aromatic rings. The smallest absolute Gasteiger partial charge is 0.255 e. The van der Waals surface area contributed by atoms with E-state index in [1.165, 1.54) is 6.20 Å². The number of aromatic nitrogens is 1. The molecule has 0 bridgehead atoms. The van der Waals surface area contributed by atoms with E-state index in [4.69, 9.17) is 9.47 Å². The van der Waals surface area contributed by atoms with Crippen LogP contribution in [0, 0.1) is 0 Å². The fraction of sp³-hybridized carbons (Fsp3) is 0.174. The Morgan fingerprint density at radius 2 is 1.90 bits per heavy atom. The molecule has 1 fully saturated rings. The van der Waals surface area contributed by atoms with Crippen LogP contribution in [0.2, 0.25) is 0 Å². The van der Waals surface area contributed by atoms with Crippen LogP contribution >= 0.6 is 15.9 Å². The molecule has 1 aromatic heterocycles. The molecule has 1 aliphatic heterocycles. The predicted molar refractivity (Wildman–Crippen MR) is 120 cm³/mol. The first-order valence-corrected chi connectivity index (χ1v) is 10.6. The van der Waals surface area contributed by atoms with Gasteiger partial charge in [0.2, 0.25) is 5.88 Å². The lowest BCUT2D eigenvalue weighted by molar-refractivity contribution is -0.124. The second-order valence-electron chi connectivity index (χ2n) is 6.97. The predicted octanol–water partition coefficient (Wildman–Crippen LogP) is 5.01. The number of halogens is 1. The van der Waals surface area contributed by atoms with Gasteiger partial charge in [-0.15, -0.1) is 0 Å². The van der Waals surface area contributed by atoms with Crippen LogP contribution in [0.5, 0.6) is 11.6 Å². The van der Waals surface area contributed by atoms with Gasteiger partial charge in [-0.2, -0.15) is 0 Å². The topological polar surface area (TPSA) is 89.5 Å². The largest absolute Gasteiger partial charge is 0.439 e. The van der Waals surface area contributed by atoms with Gasteiger partial charge in [-0.05, 0) is 55.3 Å². The summed E-state index contributed by atoms with van der Waals surface area (Å²) in [6.45, 7) is 0.599. The Labute approximate surface area is 187 Å². The van der Waals surface area contributed by atoms with E-state index >= 15 is 0 Å². The van der Waals surface area contributed by atoms with E-state index < -0.39 is 6.10 Å². The number of carbonyl (C=O) groups is 2. The molecule has 0 radical (unpaired) electrons. The highest BCUT2D eigenvalue weighted by Crippen LogP contribution is 2.24. The Morgan fingerprint density at radius 3 is 2.65 bits per heavy atom. The molecular weight excluding hydrogens is 462 g/mol. The average Bonchev–Trinajstić information content (AvgIpc) is 3.31. The molecule has 2 aromatic carbocycles. The molecule has 0 saturated carbocycles. The molecule has 1 atom stereocenters. The van der Waals surface area contributed by atoms with E-state index in [9.17, 15) is 9.59 Å². The zero-order valence-corrected chi connectivity index (χ0v) is 18.1. The Bertz CT molecular complexity index is 1080. The summed E-state index contributed by atoms with van der Waals surface area (Å²) >= 11 is 3.39. The minimum atomic E-state index is -0.429. The fourth-order valence-corrected chi connectivity index (χ4v) is 3.49. The number of benzene rings is 2. The molecule has 1 aliphatic rings. The Morgan fingerprint density at radius 1 is 1.03 bits per heavy atom. The van der Waals surface area contributed by atoms with Gasteiger partial charge in [-0.1, -0.05) is 28.1 Å². The lowest BCUT2D eigenvalue weighted by Gasteiger charge is -2.11. The minimum absolute atomic E-state index is 0.194. The van der Waals surface area contributed by atoms with Crippen molar-refractivity contribution >= 4 is 39.1 Å². The van der Waals surface area contributed by atoms with E-state index in [1.807, 2.05) is 24.3 Å². The molecular formula is C23H20BrN3O4. The van der Waals surface area contributed by atoms with Gasteiger partial charge in [-0.25, -0.2) is 4.98 Å². The third kappa shape index (κ3) is 5.68. The van der Waals surface area contributed by atoms with Crippen molar-refractivity contribution in [1.29, 1.82) is 0 Å². The number of hydrogen-bond donors (Lipinski definition) is 2. The number of ether oxygens (including phenoxy) is 2. The van der Waals surface area contributed by atoms with Crippen molar-refractivity contribution in [3.05, 3.63) is 76.9 Å². The Balaban J connectivity index is 1.37. The summed E-state index contributed by atoms with van der Waals surface area (Å²) in [5, 5.41) is 5.59. The summed E-state index contributed by atoms with van der Waals surface area (Å²) in [7, 11) is 0. The highest BCUT2D eigenvalue weighted by atomic mass is 79.9. The first kappa shape index (κ1) is 21.0. The molecule has 7 nitrogen and oxygen atoms in total. The van der Waals surface area contributed by atoms with Crippen molar-refractivity contribution in [3.8, 4) is 11.6 Å². The van der Waals surface area contributed by atoms with E-state index in [0.29, 0.717) is 41.6 Å². The van der Waals surface area contributed by atoms with Crippen molar-refractivity contribution in [2.75, 3.05) is 17.2 Å². The molecule has 4 rings (SSSR count). The normalized spacial score (nSPS) is 15.3. The lowest BCUT2D eigenvalue weighted by Crippen LogP contribution is -2.27. The van der Waals surface area contributed by atoms with Gasteiger partial charge in [0, 0.05) is 28.4 Å². The van der Waals surface area contributed by atoms with Gasteiger partial charge in [0.1, 0.15) is 11.9 Å². The van der Waals surface area contributed by atoms with Crippen LogP contribution in [0.3, 0.4) is 0 Å². The van der Waals surface area contributed by atoms with Gasteiger partial charge in [-0.3, -0.25) is 9.59 Å². The monoisotopic (exact) mass is 481 g/mol. The molecule has 8 heteroatoms. The van der Waals surface area contributed by atoms with E-state index in [0.717, 1.165) is 10.9 Å². The summed E-state index contributed by atoms with van der Waals surface area (Å²) in [6.07, 6.45) is 2.68. The second kappa shape index (κ2) is 9.72. The second-order valence-corrected chi connectivity index (χ2v) is 7.89. The first-order valence-electron chi connectivity index (χ1n) is 9.80. The van der Waals surface area contributed by atoms with Crippen molar-refractivity contribution in [1.82, 2.24) is 4.98 Å². The molecule has 0 spiro atoms. The SMILES string of the molecule is O=C(Nc1ccc(Oc2cccc(Br)c2)nc1)c1cccc(NC(=O)C2CCCO2)c1. The van der Waals surface area contributed by atoms with Crippen molar-refractivity contribution < 1.29 is 19.1 Å². The maximum absolute atomic E-state index is 12.6. The maximum Gasteiger partial charge on any atom is 0.255 e. The average molecular weight is 482 g/mol. The lowest BCUT2D eigenvalue weighted by atomic mass is 10.1. The third-order valence-corrected chi connectivity index (χ3v) is 5.12. The van der Waals surface area contributed by atoms with E-state index in [1.54, 1.807) is 36.4 Å². The molecule has 2 N–H and O–H groups in total. The number of amides is 2. The number of nitrogens with one attached hydrogen (secondary N) is 2. The van der Waals surface area contributed by atoms with Gasteiger partial charge >= 0.3 is 0 Å². The summed E-state index contributed by atoms with van der Waals surface area (Å²) in [5.74, 6) is 0.562. The van der Waals surface area contributed by atoms with Crippen molar-refractivity contribution in [2.24, 2.45) is 0 Å². The molecule has 1 unspecified atom stereocenters. The van der Waals surface area contributed by atoms with Gasteiger partial charge in [0.05, 0.1) is 11.9 Å². The number of pyridine rings is 1. The molecule has 158 valence electrons. The quantitative estimate of drug-likeness (QED) is 0.516. The zero-order valence-electron chi connectivity index (χ0n) is 16.5. The van der Waals surface area contributed by atoms with E-state index in [2.05, 4.69) is 31.5 Å². The summed E-state index contributed by atoms with van der Waals surface area (Å²) in [5.41, 5.74) is 1.49. The van der Waals surface area contributed by atoms with Crippen LogP contribution in [-0.4, -0.2) is 29.5 Å². The van der Waals surface area contributed by atoms with Crippen LogP contribution in [0.25, 0.3) is 0 Å². The van der Waals surface area contributed by atoms with Crippen LogP contribution in [0.1, 0.15) is 23.2 Å². The number of anilines is 2. The van der Waals surface area contributed by atoms with Crippen molar-refractivity contribution in [3.63, 3.8) is 0 Å². The highest BCUT2D eigenvalue weighted by Gasteiger charge is 2.23.